The molecule has 2 heterocycles. The molecule has 1 fully saturated rings. The Bertz CT molecular complexity index is 858. The average Bonchev–Trinajstić information content (AvgIpc) is 3.24. The molecule has 1 saturated heterocycles. The zero-order valence-electron chi connectivity index (χ0n) is 19.1. The molecule has 0 saturated carbocycles. The van der Waals surface area contributed by atoms with E-state index >= 15 is 0 Å². The fourth-order valence-electron chi connectivity index (χ4n) is 3.67. The minimum atomic E-state index is -0.0203. The molecule has 3 rings (SSSR count). The van der Waals surface area contributed by atoms with Crippen molar-refractivity contribution < 1.29 is 18.9 Å². The Kier molecular flexibility index (Phi) is 8.00. The van der Waals surface area contributed by atoms with Crippen molar-refractivity contribution in [3.8, 4) is 17.2 Å². The minimum Gasteiger partial charge on any atom is -0.496 e. The zero-order chi connectivity index (χ0) is 22.2. The van der Waals surface area contributed by atoms with Gasteiger partial charge in [-0.15, -0.1) is 0 Å². The van der Waals surface area contributed by atoms with E-state index in [0.29, 0.717) is 25.3 Å². The fraction of sp³-hybridized carbons (Fsp3) is 0.545. The van der Waals surface area contributed by atoms with Crippen molar-refractivity contribution in [1.29, 1.82) is 0 Å². The van der Waals surface area contributed by atoms with E-state index in [2.05, 4.69) is 22.2 Å². The lowest BCUT2D eigenvalue weighted by molar-refractivity contribution is -0.00803. The predicted molar refractivity (Wildman–Crippen MR) is 119 cm³/mol. The van der Waals surface area contributed by atoms with Crippen LogP contribution in [0.1, 0.15) is 24.2 Å². The monoisotopic (exact) mass is 431 g/mol. The number of aliphatic imine (C=N–C) groups is 1. The molecule has 1 aliphatic rings. The standard InChI is InChI=1S/C22H33N5O4/c1-6-23-22(27-9-10-31-21(15-27)16-13-25-26(2)14-16)24-8-7-18-19(29-4)11-17(28-3)12-20(18)30-5/h11-14,21H,6-10,15H2,1-5H3,(H,23,24). The van der Waals surface area contributed by atoms with Crippen molar-refractivity contribution >= 4 is 5.96 Å². The number of hydrogen-bond donors (Lipinski definition) is 1. The third-order valence-electron chi connectivity index (χ3n) is 5.24. The Morgan fingerprint density at radius 3 is 2.55 bits per heavy atom. The third kappa shape index (κ3) is 5.61. The number of rotatable bonds is 8. The summed E-state index contributed by atoms with van der Waals surface area (Å²) in [5.74, 6) is 3.05. The second-order valence-corrected chi connectivity index (χ2v) is 7.25. The van der Waals surface area contributed by atoms with Crippen LogP contribution in [0.5, 0.6) is 17.2 Å². The van der Waals surface area contributed by atoms with Gasteiger partial charge in [-0.1, -0.05) is 0 Å². The maximum absolute atomic E-state index is 5.97. The Balaban J connectivity index is 1.73. The molecule has 1 aromatic carbocycles. The number of nitrogens with zero attached hydrogens (tertiary/aromatic N) is 4. The van der Waals surface area contributed by atoms with Crippen LogP contribution < -0.4 is 19.5 Å². The lowest BCUT2D eigenvalue weighted by Gasteiger charge is -2.34. The van der Waals surface area contributed by atoms with Crippen molar-refractivity contribution in [2.45, 2.75) is 19.4 Å². The first-order chi connectivity index (χ1) is 15.1. The highest BCUT2D eigenvalue weighted by molar-refractivity contribution is 5.80. The number of benzene rings is 1. The topological polar surface area (TPSA) is 82.4 Å². The highest BCUT2D eigenvalue weighted by Gasteiger charge is 2.25. The molecule has 2 aromatic rings. The van der Waals surface area contributed by atoms with Gasteiger partial charge in [0.2, 0.25) is 0 Å². The van der Waals surface area contributed by atoms with Gasteiger partial charge < -0.3 is 29.2 Å². The second-order valence-electron chi connectivity index (χ2n) is 7.25. The zero-order valence-corrected chi connectivity index (χ0v) is 19.1. The summed E-state index contributed by atoms with van der Waals surface area (Å²) in [6.07, 6.45) is 4.52. The lowest BCUT2D eigenvalue weighted by Crippen LogP contribution is -2.48. The average molecular weight is 432 g/mol. The molecule has 1 aromatic heterocycles. The molecule has 9 heteroatoms. The van der Waals surface area contributed by atoms with Gasteiger partial charge in [0.05, 0.1) is 40.7 Å². The number of nitrogens with one attached hydrogen (secondary N) is 1. The van der Waals surface area contributed by atoms with Crippen molar-refractivity contribution in [3.63, 3.8) is 0 Å². The molecule has 31 heavy (non-hydrogen) atoms. The van der Waals surface area contributed by atoms with Crippen LogP contribution in [0.25, 0.3) is 0 Å². The van der Waals surface area contributed by atoms with Gasteiger partial charge in [-0.05, 0) is 13.3 Å². The van der Waals surface area contributed by atoms with E-state index in [1.54, 1.807) is 26.0 Å². The molecule has 170 valence electrons. The van der Waals surface area contributed by atoms with Crippen LogP contribution in [0, 0.1) is 0 Å². The summed E-state index contributed by atoms with van der Waals surface area (Å²) in [4.78, 5) is 7.12. The van der Waals surface area contributed by atoms with Crippen LogP contribution in [-0.2, 0) is 18.2 Å². The SMILES string of the molecule is CCNC(=NCCc1c(OC)cc(OC)cc1OC)N1CCOC(c2cnn(C)c2)C1. The molecule has 0 amide bonds. The van der Waals surface area contributed by atoms with Gasteiger partial charge in [0.15, 0.2) is 5.96 Å². The highest BCUT2D eigenvalue weighted by atomic mass is 16.5. The summed E-state index contributed by atoms with van der Waals surface area (Å²) in [6, 6.07) is 3.74. The van der Waals surface area contributed by atoms with Gasteiger partial charge in [-0.25, -0.2) is 0 Å². The Morgan fingerprint density at radius 1 is 1.23 bits per heavy atom. The predicted octanol–water partition coefficient (Wildman–Crippen LogP) is 2.03. The Hall–Kier alpha value is -2.94. The normalized spacial score (nSPS) is 16.9. The van der Waals surface area contributed by atoms with E-state index in [-0.39, 0.29) is 6.10 Å². The molecule has 1 aliphatic heterocycles. The van der Waals surface area contributed by atoms with Gasteiger partial charge in [0.1, 0.15) is 23.4 Å². The van der Waals surface area contributed by atoms with Crippen LogP contribution in [0.4, 0.5) is 0 Å². The first-order valence-electron chi connectivity index (χ1n) is 10.5. The Labute approximate surface area is 183 Å². The summed E-state index contributed by atoms with van der Waals surface area (Å²) in [6.45, 7) is 5.62. The summed E-state index contributed by atoms with van der Waals surface area (Å²) in [5, 5.41) is 7.67. The van der Waals surface area contributed by atoms with E-state index in [0.717, 1.165) is 48.2 Å². The minimum absolute atomic E-state index is 0.0203. The number of methoxy groups -OCH3 is 3. The number of guanidine groups is 1. The van der Waals surface area contributed by atoms with E-state index in [9.17, 15) is 0 Å². The number of morpholine rings is 1. The molecule has 1 N–H and O–H groups in total. The van der Waals surface area contributed by atoms with Crippen molar-refractivity contribution in [1.82, 2.24) is 20.0 Å². The molecule has 1 unspecified atom stereocenters. The molecule has 0 radical (unpaired) electrons. The molecule has 0 bridgehead atoms. The van der Waals surface area contributed by atoms with Crippen LogP contribution in [0.2, 0.25) is 0 Å². The van der Waals surface area contributed by atoms with Crippen LogP contribution in [0.3, 0.4) is 0 Å². The number of aryl methyl sites for hydroxylation is 1. The van der Waals surface area contributed by atoms with Crippen molar-refractivity contribution in [2.75, 3.05) is 54.1 Å². The Morgan fingerprint density at radius 2 is 1.97 bits per heavy atom. The summed E-state index contributed by atoms with van der Waals surface area (Å²) >= 11 is 0. The quantitative estimate of drug-likeness (QED) is 0.506. The third-order valence-corrected chi connectivity index (χ3v) is 5.24. The van der Waals surface area contributed by atoms with E-state index in [1.807, 2.05) is 31.6 Å². The lowest BCUT2D eigenvalue weighted by atomic mass is 10.1. The summed E-state index contributed by atoms with van der Waals surface area (Å²) < 4.78 is 24.2. The first kappa shape index (κ1) is 22.7. The van der Waals surface area contributed by atoms with Crippen LogP contribution >= 0.6 is 0 Å². The van der Waals surface area contributed by atoms with Gasteiger partial charge in [-0.3, -0.25) is 9.67 Å². The number of aromatic nitrogens is 2. The van der Waals surface area contributed by atoms with E-state index in [4.69, 9.17) is 23.9 Å². The van der Waals surface area contributed by atoms with E-state index < -0.39 is 0 Å². The maximum Gasteiger partial charge on any atom is 0.194 e. The molecular weight excluding hydrogens is 398 g/mol. The van der Waals surface area contributed by atoms with Gasteiger partial charge >= 0.3 is 0 Å². The van der Waals surface area contributed by atoms with Gasteiger partial charge in [0, 0.05) is 56.1 Å². The number of ether oxygens (including phenoxy) is 4. The molecular formula is C22H33N5O4. The summed E-state index contributed by atoms with van der Waals surface area (Å²) in [7, 11) is 6.84. The maximum atomic E-state index is 5.97. The van der Waals surface area contributed by atoms with Crippen LogP contribution in [0.15, 0.2) is 29.5 Å². The summed E-state index contributed by atoms with van der Waals surface area (Å²) in [5.41, 5.74) is 2.05. The van der Waals surface area contributed by atoms with Crippen LogP contribution in [-0.4, -0.2) is 74.8 Å². The first-order valence-corrected chi connectivity index (χ1v) is 10.5. The fourth-order valence-corrected chi connectivity index (χ4v) is 3.67. The second kappa shape index (κ2) is 10.9. The highest BCUT2D eigenvalue weighted by Crippen LogP contribution is 2.34. The van der Waals surface area contributed by atoms with E-state index in [1.165, 1.54) is 0 Å². The van der Waals surface area contributed by atoms with Crippen molar-refractivity contribution in [3.05, 3.63) is 35.7 Å². The molecule has 1 atom stereocenters. The van der Waals surface area contributed by atoms with Gasteiger partial charge in [-0.2, -0.15) is 5.10 Å². The molecule has 9 nitrogen and oxygen atoms in total. The number of hydrogen-bond acceptors (Lipinski definition) is 6. The molecule has 0 aliphatic carbocycles. The van der Waals surface area contributed by atoms with Gasteiger partial charge in [0.25, 0.3) is 0 Å². The largest absolute Gasteiger partial charge is 0.496 e. The van der Waals surface area contributed by atoms with Crippen molar-refractivity contribution in [2.24, 2.45) is 12.0 Å². The molecule has 0 spiro atoms. The smallest absolute Gasteiger partial charge is 0.194 e.